The van der Waals surface area contributed by atoms with Gasteiger partial charge in [-0.3, -0.25) is 4.98 Å². The molecule has 0 fully saturated rings. The van der Waals surface area contributed by atoms with Crippen molar-refractivity contribution >= 4 is 6.08 Å². The maximum atomic E-state index is 6.15. The van der Waals surface area contributed by atoms with E-state index >= 15 is 0 Å². The van der Waals surface area contributed by atoms with Crippen LogP contribution in [0.1, 0.15) is 33.9 Å². The summed E-state index contributed by atoms with van der Waals surface area (Å²) in [6.07, 6.45) is 9.10. The Balaban J connectivity index is 1.39. The fourth-order valence-corrected chi connectivity index (χ4v) is 4.52. The summed E-state index contributed by atoms with van der Waals surface area (Å²) in [5.41, 5.74) is 8.49. The van der Waals surface area contributed by atoms with Gasteiger partial charge in [0.2, 0.25) is 0 Å². The highest BCUT2D eigenvalue weighted by atomic mass is 16.5. The van der Waals surface area contributed by atoms with E-state index in [9.17, 15) is 0 Å². The maximum Gasteiger partial charge on any atom is 0.161 e. The van der Waals surface area contributed by atoms with Crippen molar-refractivity contribution in [1.82, 2.24) is 10.3 Å². The van der Waals surface area contributed by atoms with Crippen LogP contribution in [0.25, 0.3) is 17.2 Å². The van der Waals surface area contributed by atoms with E-state index in [1.807, 2.05) is 42.7 Å². The number of hydrogen-bond donors (Lipinski definition) is 1. The Hall–Kier alpha value is -3.89. The van der Waals surface area contributed by atoms with E-state index in [0.717, 1.165) is 30.0 Å². The van der Waals surface area contributed by atoms with Crippen molar-refractivity contribution in [2.24, 2.45) is 0 Å². The Kier molecular flexibility index (Phi) is 6.92. The predicted octanol–water partition coefficient (Wildman–Crippen LogP) is 6.54. The Bertz CT molecular complexity index is 1320. The molecule has 4 heteroatoms. The van der Waals surface area contributed by atoms with Gasteiger partial charge in [0.25, 0.3) is 0 Å². The molecular formula is C31H30N2O2. The van der Waals surface area contributed by atoms with E-state index in [1.54, 1.807) is 7.11 Å². The number of benzene rings is 3. The second-order valence-corrected chi connectivity index (χ2v) is 8.82. The van der Waals surface area contributed by atoms with Crippen molar-refractivity contribution in [2.75, 3.05) is 13.7 Å². The van der Waals surface area contributed by atoms with Gasteiger partial charge in [-0.25, -0.2) is 0 Å². The molecule has 0 saturated carbocycles. The van der Waals surface area contributed by atoms with E-state index in [0.29, 0.717) is 6.61 Å². The normalized spacial score (nSPS) is 15.1. The zero-order valence-corrected chi connectivity index (χ0v) is 20.2. The van der Waals surface area contributed by atoms with Crippen LogP contribution in [0.15, 0.2) is 91.3 Å². The first-order valence-corrected chi connectivity index (χ1v) is 12.0. The summed E-state index contributed by atoms with van der Waals surface area (Å²) in [5.74, 6) is 1.55. The quantitative estimate of drug-likeness (QED) is 0.338. The number of rotatable bonds is 7. The lowest BCUT2D eigenvalue weighted by Gasteiger charge is -2.26. The van der Waals surface area contributed by atoms with Crippen LogP contribution in [-0.4, -0.2) is 18.6 Å². The number of pyridine rings is 1. The fourth-order valence-electron chi connectivity index (χ4n) is 4.52. The summed E-state index contributed by atoms with van der Waals surface area (Å²) in [6, 6.07) is 25.3. The number of nitrogens with one attached hydrogen (secondary N) is 1. The number of aromatic nitrogens is 1. The lowest BCUT2D eigenvalue weighted by Crippen LogP contribution is -2.28. The van der Waals surface area contributed by atoms with Crippen molar-refractivity contribution < 1.29 is 9.47 Å². The first kappa shape index (κ1) is 22.9. The van der Waals surface area contributed by atoms with Gasteiger partial charge < -0.3 is 14.8 Å². The third kappa shape index (κ3) is 5.28. The van der Waals surface area contributed by atoms with Crippen LogP contribution in [0.5, 0.6) is 11.5 Å². The average molecular weight is 463 g/mol. The summed E-state index contributed by atoms with van der Waals surface area (Å²) in [5, 5.41) is 3.65. The molecule has 0 aliphatic carbocycles. The molecule has 1 unspecified atom stereocenters. The number of hydrogen-bond acceptors (Lipinski definition) is 4. The van der Waals surface area contributed by atoms with Crippen molar-refractivity contribution in [3.63, 3.8) is 0 Å². The molecule has 4 nitrogen and oxygen atoms in total. The molecule has 0 amide bonds. The minimum atomic E-state index is 0.111. The van der Waals surface area contributed by atoms with Crippen LogP contribution in [0.4, 0.5) is 0 Å². The fraction of sp³-hybridized carbons (Fsp3) is 0.194. The topological polar surface area (TPSA) is 43.4 Å². The van der Waals surface area contributed by atoms with Crippen molar-refractivity contribution in [2.45, 2.75) is 26.0 Å². The summed E-state index contributed by atoms with van der Waals surface area (Å²) in [4.78, 5) is 4.14. The minimum Gasteiger partial charge on any atom is -0.493 e. The van der Waals surface area contributed by atoms with Gasteiger partial charge in [0.1, 0.15) is 6.61 Å². The highest BCUT2D eigenvalue weighted by Gasteiger charge is 2.21. The molecule has 35 heavy (non-hydrogen) atoms. The summed E-state index contributed by atoms with van der Waals surface area (Å²) in [7, 11) is 1.70. The molecule has 0 saturated heterocycles. The van der Waals surface area contributed by atoms with Crippen molar-refractivity contribution in [3.05, 3.63) is 119 Å². The average Bonchev–Trinajstić information content (AvgIpc) is 2.92. The van der Waals surface area contributed by atoms with Crippen LogP contribution in [0, 0.1) is 6.92 Å². The van der Waals surface area contributed by atoms with Crippen LogP contribution < -0.4 is 14.8 Å². The van der Waals surface area contributed by atoms with Crippen LogP contribution >= 0.6 is 0 Å². The highest BCUT2D eigenvalue weighted by Crippen LogP contribution is 2.36. The molecule has 2 heterocycles. The maximum absolute atomic E-state index is 6.15. The Morgan fingerprint density at radius 3 is 2.57 bits per heavy atom. The van der Waals surface area contributed by atoms with Gasteiger partial charge in [0.05, 0.1) is 13.2 Å². The van der Waals surface area contributed by atoms with Crippen molar-refractivity contribution in [1.29, 1.82) is 0 Å². The molecule has 176 valence electrons. The number of aryl methyl sites for hydroxylation is 1. The van der Waals surface area contributed by atoms with E-state index < -0.39 is 0 Å². The van der Waals surface area contributed by atoms with Gasteiger partial charge in [0, 0.05) is 18.9 Å². The first-order chi connectivity index (χ1) is 17.2. The van der Waals surface area contributed by atoms with Crippen LogP contribution in [-0.2, 0) is 13.0 Å². The number of ether oxygens (including phenoxy) is 2. The minimum absolute atomic E-state index is 0.111. The number of nitrogens with zero attached hydrogens (tertiary/aromatic N) is 1. The summed E-state index contributed by atoms with van der Waals surface area (Å²) < 4.78 is 11.9. The molecule has 1 aromatic heterocycles. The van der Waals surface area contributed by atoms with Gasteiger partial charge in [-0.2, -0.15) is 0 Å². The number of methoxy groups -OCH3 is 1. The molecule has 3 aromatic carbocycles. The standard InChI is InChI=1S/C31H30N2O2/c1-22-8-9-26(24-12-15-32-16-13-24)18-25(22)10-11-29-28-20-30(34-2)31(19-27(28)14-17-33-29)35-21-23-6-4-3-5-7-23/h3-13,15-16,18-20,29,33H,14,17,21H2,1-2H3/b11-10+. The van der Waals surface area contributed by atoms with Gasteiger partial charge >= 0.3 is 0 Å². The second-order valence-electron chi connectivity index (χ2n) is 8.82. The van der Waals surface area contributed by atoms with Gasteiger partial charge in [0.15, 0.2) is 11.5 Å². The molecule has 0 spiro atoms. The van der Waals surface area contributed by atoms with Gasteiger partial charge in [-0.05, 0) is 82.6 Å². The zero-order valence-electron chi connectivity index (χ0n) is 20.2. The SMILES string of the molecule is COc1cc2c(cc1OCc1ccccc1)CCNC2/C=C/c1cc(-c2ccncc2)ccc1C. The van der Waals surface area contributed by atoms with E-state index in [-0.39, 0.29) is 6.04 Å². The molecule has 1 N–H and O–H groups in total. The molecule has 1 aliphatic rings. The zero-order chi connectivity index (χ0) is 24.0. The molecular weight excluding hydrogens is 432 g/mol. The molecule has 1 atom stereocenters. The molecule has 0 radical (unpaired) electrons. The third-order valence-electron chi connectivity index (χ3n) is 6.52. The Morgan fingerprint density at radius 2 is 1.77 bits per heavy atom. The molecule has 4 aromatic rings. The van der Waals surface area contributed by atoms with Crippen LogP contribution in [0.3, 0.4) is 0 Å². The Morgan fingerprint density at radius 1 is 0.943 bits per heavy atom. The lowest BCUT2D eigenvalue weighted by atomic mass is 9.92. The lowest BCUT2D eigenvalue weighted by molar-refractivity contribution is 0.283. The predicted molar refractivity (Wildman–Crippen MR) is 142 cm³/mol. The molecule has 0 bridgehead atoms. The molecule has 1 aliphatic heterocycles. The highest BCUT2D eigenvalue weighted by molar-refractivity contribution is 5.69. The van der Waals surface area contributed by atoms with E-state index in [4.69, 9.17) is 9.47 Å². The van der Waals surface area contributed by atoms with Crippen LogP contribution in [0.2, 0.25) is 0 Å². The number of fused-ring (bicyclic) bond motifs is 1. The van der Waals surface area contributed by atoms with Crippen molar-refractivity contribution in [3.8, 4) is 22.6 Å². The summed E-state index contributed by atoms with van der Waals surface area (Å²) in [6.45, 7) is 3.59. The monoisotopic (exact) mass is 462 g/mol. The third-order valence-corrected chi connectivity index (χ3v) is 6.52. The van der Waals surface area contributed by atoms with E-state index in [2.05, 4.69) is 71.8 Å². The molecule has 5 rings (SSSR count). The largest absolute Gasteiger partial charge is 0.493 e. The van der Waals surface area contributed by atoms with Gasteiger partial charge in [-0.1, -0.05) is 54.6 Å². The Labute approximate surface area is 207 Å². The first-order valence-electron chi connectivity index (χ1n) is 12.0. The smallest absolute Gasteiger partial charge is 0.161 e. The van der Waals surface area contributed by atoms with E-state index in [1.165, 1.54) is 33.4 Å². The summed E-state index contributed by atoms with van der Waals surface area (Å²) >= 11 is 0. The second kappa shape index (κ2) is 10.6. The van der Waals surface area contributed by atoms with Gasteiger partial charge in [-0.15, -0.1) is 0 Å².